The molecule has 1 aromatic rings. The molecule has 10 heteroatoms. The predicted molar refractivity (Wildman–Crippen MR) is 104 cm³/mol. The summed E-state index contributed by atoms with van der Waals surface area (Å²) in [5, 5.41) is 17.9. The topological polar surface area (TPSA) is 107 Å². The number of piperazine rings is 1. The van der Waals surface area contributed by atoms with Gasteiger partial charge in [-0.2, -0.15) is 0 Å². The first-order valence-electron chi connectivity index (χ1n) is 9.52. The number of carboxylic acids is 2. The fraction of sp³-hybridized carbons (Fsp3) is 0.550. The molecule has 8 nitrogen and oxygen atoms in total. The van der Waals surface area contributed by atoms with E-state index in [-0.39, 0.29) is 37.4 Å². The molecule has 0 unspecified atom stereocenters. The molecule has 1 amide bonds. The van der Waals surface area contributed by atoms with E-state index in [1.807, 2.05) is 0 Å². The van der Waals surface area contributed by atoms with Crippen LogP contribution in [0.5, 0.6) is 0 Å². The normalized spacial score (nSPS) is 14.7. The molecule has 0 aliphatic carbocycles. The lowest BCUT2D eigenvalue weighted by atomic mass is 9.92. The quantitative estimate of drug-likeness (QED) is 0.717. The summed E-state index contributed by atoms with van der Waals surface area (Å²) >= 11 is 0. The van der Waals surface area contributed by atoms with Gasteiger partial charge < -0.3 is 24.7 Å². The minimum absolute atomic E-state index is 0.0223. The van der Waals surface area contributed by atoms with E-state index in [4.69, 9.17) is 14.9 Å². The Hall–Kier alpha value is -2.91. The van der Waals surface area contributed by atoms with Crippen LogP contribution in [0.25, 0.3) is 0 Å². The highest BCUT2D eigenvalue weighted by molar-refractivity contribution is 5.72. The van der Waals surface area contributed by atoms with Gasteiger partial charge in [-0.05, 0) is 38.5 Å². The summed E-state index contributed by atoms with van der Waals surface area (Å²) in [6.45, 7) is 6.03. The van der Waals surface area contributed by atoms with Crippen molar-refractivity contribution in [2.75, 3.05) is 31.1 Å². The van der Waals surface area contributed by atoms with Crippen LogP contribution in [0.3, 0.4) is 0 Å². The summed E-state index contributed by atoms with van der Waals surface area (Å²) in [5.41, 5.74) is -0.956. The van der Waals surface area contributed by atoms with E-state index >= 15 is 0 Å². The number of carbonyl (C=O) groups excluding carboxylic acids is 1. The third-order valence-corrected chi connectivity index (χ3v) is 4.60. The number of amides is 1. The molecule has 166 valence electrons. The smallest absolute Gasteiger partial charge is 0.410 e. The van der Waals surface area contributed by atoms with Crippen molar-refractivity contribution in [2.24, 2.45) is 0 Å². The van der Waals surface area contributed by atoms with Gasteiger partial charge in [0.1, 0.15) is 22.9 Å². The maximum Gasteiger partial charge on any atom is 0.410 e. The molecule has 0 radical (unpaired) electrons. The fourth-order valence-corrected chi connectivity index (χ4v) is 3.29. The summed E-state index contributed by atoms with van der Waals surface area (Å²) < 4.78 is 34.7. The van der Waals surface area contributed by atoms with Crippen LogP contribution in [-0.2, 0) is 14.3 Å². The zero-order valence-corrected chi connectivity index (χ0v) is 17.2. The van der Waals surface area contributed by atoms with Crippen LogP contribution < -0.4 is 4.90 Å². The fourth-order valence-electron chi connectivity index (χ4n) is 3.29. The van der Waals surface area contributed by atoms with Crippen molar-refractivity contribution in [3.63, 3.8) is 0 Å². The Labute approximate surface area is 173 Å². The minimum Gasteiger partial charge on any atom is -0.481 e. The van der Waals surface area contributed by atoms with Gasteiger partial charge in [-0.1, -0.05) is 0 Å². The lowest BCUT2D eigenvalue weighted by Gasteiger charge is -2.37. The summed E-state index contributed by atoms with van der Waals surface area (Å²) in [6, 6.07) is 1.96. The number of carbonyl (C=O) groups is 3. The monoisotopic (exact) mass is 428 g/mol. The van der Waals surface area contributed by atoms with E-state index in [0.717, 1.165) is 12.1 Å². The summed E-state index contributed by atoms with van der Waals surface area (Å²) in [5.74, 6) is -5.39. The van der Waals surface area contributed by atoms with E-state index in [0.29, 0.717) is 0 Å². The van der Waals surface area contributed by atoms with Gasteiger partial charge in [0.2, 0.25) is 0 Å². The Morgan fingerprint density at radius 2 is 1.47 bits per heavy atom. The number of benzene rings is 1. The van der Waals surface area contributed by atoms with Gasteiger partial charge in [-0.3, -0.25) is 9.59 Å². The number of ether oxygens (including phenoxy) is 1. The highest BCUT2D eigenvalue weighted by atomic mass is 19.1. The van der Waals surface area contributed by atoms with Gasteiger partial charge in [0.25, 0.3) is 0 Å². The largest absolute Gasteiger partial charge is 0.481 e. The van der Waals surface area contributed by atoms with Crippen molar-refractivity contribution in [1.29, 1.82) is 0 Å². The predicted octanol–water partition coefficient (Wildman–Crippen LogP) is 3.05. The summed E-state index contributed by atoms with van der Waals surface area (Å²) in [6.07, 6.45) is -1.61. The Kier molecular flexibility index (Phi) is 7.22. The van der Waals surface area contributed by atoms with Crippen molar-refractivity contribution >= 4 is 23.7 Å². The lowest BCUT2D eigenvalue weighted by molar-refractivity contribution is -0.139. The SMILES string of the molecule is CC(C)(C)OC(=O)N1CCN(c2c(F)cc(C(CC(=O)O)CC(=O)O)cc2F)CC1. The third kappa shape index (κ3) is 6.30. The number of aliphatic carboxylic acids is 2. The van der Waals surface area contributed by atoms with Crippen LogP contribution in [0.1, 0.15) is 45.1 Å². The molecule has 2 rings (SSSR count). The molecule has 0 aromatic heterocycles. The Bertz CT molecular complexity index is 777. The van der Waals surface area contributed by atoms with Crippen molar-refractivity contribution in [3.8, 4) is 0 Å². The third-order valence-electron chi connectivity index (χ3n) is 4.60. The summed E-state index contributed by atoms with van der Waals surface area (Å²) in [7, 11) is 0. The van der Waals surface area contributed by atoms with Gasteiger partial charge in [0, 0.05) is 32.1 Å². The van der Waals surface area contributed by atoms with Gasteiger partial charge in [0.15, 0.2) is 0 Å². The van der Waals surface area contributed by atoms with Crippen LogP contribution in [0.15, 0.2) is 12.1 Å². The second-order valence-corrected chi connectivity index (χ2v) is 8.18. The van der Waals surface area contributed by atoms with E-state index in [9.17, 15) is 23.2 Å². The number of nitrogens with zero attached hydrogens (tertiary/aromatic N) is 2. The number of hydrogen-bond donors (Lipinski definition) is 2. The van der Waals surface area contributed by atoms with Gasteiger partial charge in [-0.15, -0.1) is 0 Å². The van der Waals surface area contributed by atoms with Crippen molar-refractivity contribution in [1.82, 2.24) is 4.90 Å². The Morgan fingerprint density at radius 1 is 1.00 bits per heavy atom. The highest BCUT2D eigenvalue weighted by Crippen LogP contribution is 2.32. The van der Waals surface area contributed by atoms with Gasteiger partial charge >= 0.3 is 18.0 Å². The second kappa shape index (κ2) is 9.27. The second-order valence-electron chi connectivity index (χ2n) is 8.18. The van der Waals surface area contributed by atoms with Gasteiger partial charge in [0.05, 0.1) is 12.8 Å². The molecular formula is C20H26F2N2O6. The zero-order chi connectivity index (χ0) is 22.6. The van der Waals surface area contributed by atoms with E-state index in [1.165, 1.54) is 9.80 Å². The molecule has 1 fully saturated rings. The molecule has 1 aromatic carbocycles. The molecule has 0 saturated carbocycles. The number of carboxylic acid groups (broad SMARTS) is 2. The molecule has 1 aliphatic rings. The van der Waals surface area contributed by atoms with Crippen LogP contribution >= 0.6 is 0 Å². The molecule has 1 saturated heterocycles. The molecule has 0 spiro atoms. The maximum absolute atomic E-state index is 14.7. The van der Waals surface area contributed by atoms with Crippen LogP contribution in [0, 0.1) is 11.6 Å². The molecule has 1 aliphatic heterocycles. The van der Waals surface area contributed by atoms with Crippen LogP contribution in [0.2, 0.25) is 0 Å². The average Bonchev–Trinajstić information content (AvgIpc) is 2.58. The molecule has 0 atom stereocenters. The molecule has 0 bridgehead atoms. The highest BCUT2D eigenvalue weighted by Gasteiger charge is 2.29. The molecule has 1 heterocycles. The maximum atomic E-state index is 14.7. The Balaban J connectivity index is 2.15. The van der Waals surface area contributed by atoms with Gasteiger partial charge in [-0.25, -0.2) is 13.6 Å². The van der Waals surface area contributed by atoms with E-state index in [1.54, 1.807) is 20.8 Å². The number of halogens is 2. The average molecular weight is 428 g/mol. The van der Waals surface area contributed by atoms with Crippen molar-refractivity contribution in [3.05, 3.63) is 29.3 Å². The minimum atomic E-state index is -1.26. The van der Waals surface area contributed by atoms with Crippen LogP contribution in [-0.4, -0.2) is 64.9 Å². The summed E-state index contributed by atoms with van der Waals surface area (Å²) in [4.78, 5) is 37.0. The Morgan fingerprint density at radius 3 is 1.87 bits per heavy atom. The van der Waals surface area contributed by atoms with E-state index < -0.39 is 54.0 Å². The molecular weight excluding hydrogens is 402 g/mol. The first-order chi connectivity index (χ1) is 13.9. The number of hydrogen-bond acceptors (Lipinski definition) is 5. The van der Waals surface area contributed by atoms with E-state index in [2.05, 4.69) is 0 Å². The van der Waals surface area contributed by atoms with Crippen molar-refractivity contribution < 1.29 is 38.1 Å². The zero-order valence-electron chi connectivity index (χ0n) is 17.2. The molecule has 2 N–H and O–H groups in total. The first kappa shape index (κ1) is 23.4. The number of rotatable bonds is 6. The number of anilines is 1. The lowest BCUT2D eigenvalue weighted by Crippen LogP contribution is -2.50. The molecule has 30 heavy (non-hydrogen) atoms. The van der Waals surface area contributed by atoms with Crippen LogP contribution in [0.4, 0.5) is 19.3 Å². The first-order valence-corrected chi connectivity index (χ1v) is 9.52. The van der Waals surface area contributed by atoms with Crippen molar-refractivity contribution in [2.45, 2.75) is 45.1 Å². The standard InChI is InChI=1S/C20H26F2N2O6/c1-20(2,3)30-19(29)24-6-4-23(5-7-24)18-14(21)8-12(9-15(18)22)13(10-16(25)26)11-17(27)28/h8-9,13H,4-7,10-11H2,1-3H3,(H,25,26)(H,27,28).